The molecular formula is C6H11N3O3. The number of amides is 3. The zero-order chi connectivity index (χ0) is 9.56. The molecule has 1 atom stereocenters. The molecule has 0 aliphatic carbocycles. The highest BCUT2D eigenvalue weighted by Gasteiger charge is 2.14. The van der Waals surface area contributed by atoms with Crippen molar-refractivity contribution in [3.05, 3.63) is 0 Å². The Morgan fingerprint density at radius 3 is 2.33 bits per heavy atom. The molecule has 0 unspecified atom stereocenters. The van der Waals surface area contributed by atoms with Crippen molar-refractivity contribution in [1.29, 1.82) is 0 Å². The van der Waals surface area contributed by atoms with Gasteiger partial charge in [0.2, 0.25) is 18.2 Å². The first kappa shape index (κ1) is 10.4. The molecule has 0 aromatic carbocycles. The molecule has 5 N–H and O–H groups in total. The van der Waals surface area contributed by atoms with Gasteiger partial charge in [-0.3, -0.25) is 14.4 Å². The maximum atomic E-state index is 10.6. The first-order chi connectivity index (χ1) is 5.57. The number of hydrogen-bond donors (Lipinski definition) is 3. The number of primary amides is 2. The summed E-state index contributed by atoms with van der Waals surface area (Å²) in [6.07, 6.45) is 0.522. The van der Waals surface area contributed by atoms with Gasteiger partial charge in [-0.2, -0.15) is 0 Å². The Morgan fingerprint density at radius 2 is 2.00 bits per heavy atom. The molecule has 3 amide bonds. The number of carbonyl (C=O) groups excluding carboxylic acids is 3. The van der Waals surface area contributed by atoms with Gasteiger partial charge >= 0.3 is 0 Å². The first-order valence-corrected chi connectivity index (χ1v) is 3.35. The maximum absolute atomic E-state index is 10.6. The predicted molar refractivity (Wildman–Crippen MR) is 40.6 cm³/mol. The van der Waals surface area contributed by atoms with E-state index in [1.54, 1.807) is 0 Å². The van der Waals surface area contributed by atoms with Crippen molar-refractivity contribution >= 4 is 18.2 Å². The average molecular weight is 173 g/mol. The zero-order valence-electron chi connectivity index (χ0n) is 6.45. The van der Waals surface area contributed by atoms with Gasteiger partial charge in [-0.25, -0.2) is 0 Å². The summed E-state index contributed by atoms with van der Waals surface area (Å²) < 4.78 is 0. The third kappa shape index (κ3) is 4.26. The summed E-state index contributed by atoms with van der Waals surface area (Å²) in [4.78, 5) is 30.8. The summed E-state index contributed by atoms with van der Waals surface area (Å²) >= 11 is 0. The van der Waals surface area contributed by atoms with Crippen LogP contribution < -0.4 is 16.8 Å². The van der Waals surface area contributed by atoms with E-state index in [4.69, 9.17) is 11.5 Å². The number of nitrogens with one attached hydrogen (secondary N) is 1. The van der Waals surface area contributed by atoms with Crippen LogP contribution in [0.2, 0.25) is 0 Å². The quantitative estimate of drug-likeness (QED) is 0.398. The fourth-order valence-corrected chi connectivity index (χ4v) is 0.676. The van der Waals surface area contributed by atoms with Crippen LogP contribution in [0.15, 0.2) is 0 Å². The van der Waals surface area contributed by atoms with Crippen molar-refractivity contribution < 1.29 is 14.4 Å². The van der Waals surface area contributed by atoms with E-state index in [0.29, 0.717) is 6.41 Å². The molecule has 0 fully saturated rings. The molecule has 0 spiro atoms. The van der Waals surface area contributed by atoms with Gasteiger partial charge in [-0.15, -0.1) is 0 Å². The molecule has 6 nitrogen and oxygen atoms in total. The van der Waals surface area contributed by atoms with E-state index >= 15 is 0 Å². The fourth-order valence-electron chi connectivity index (χ4n) is 0.676. The van der Waals surface area contributed by atoms with Crippen LogP contribution >= 0.6 is 0 Å². The molecule has 68 valence electrons. The monoisotopic (exact) mass is 173 g/mol. The fraction of sp³-hybridized carbons (Fsp3) is 0.500. The second-order valence-corrected chi connectivity index (χ2v) is 2.24. The summed E-state index contributed by atoms with van der Waals surface area (Å²) in [6.45, 7) is 0. The Labute approximate surface area is 69.3 Å². The van der Waals surface area contributed by atoms with E-state index in [1.165, 1.54) is 0 Å². The summed E-state index contributed by atoms with van der Waals surface area (Å²) in [7, 11) is 0. The third-order valence-corrected chi connectivity index (χ3v) is 1.29. The van der Waals surface area contributed by atoms with Crippen LogP contribution in [-0.2, 0) is 14.4 Å². The van der Waals surface area contributed by atoms with Gasteiger partial charge in [0.1, 0.15) is 6.04 Å². The number of rotatable bonds is 6. The Hall–Kier alpha value is -1.59. The average Bonchev–Trinajstić information content (AvgIpc) is 1.96. The smallest absolute Gasteiger partial charge is 0.240 e. The predicted octanol–water partition coefficient (Wildman–Crippen LogP) is -2.15. The summed E-state index contributed by atoms with van der Waals surface area (Å²) in [5.41, 5.74) is 9.73. The van der Waals surface area contributed by atoms with E-state index in [-0.39, 0.29) is 12.8 Å². The Bertz CT molecular complexity index is 192. The van der Waals surface area contributed by atoms with Gasteiger partial charge in [-0.1, -0.05) is 0 Å². The zero-order valence-corrected chi connectivity index (χ0v) is 6.45. The van der Waals surface area contributed by atoms with Crippen molar-refractivity contribution in [3.63, 3.8) is 0 Å². The number of carbonyl (C=O) groups is 3. The van der Waals surface area contributed by atoms with Crippen LogP contribution in [0.25, 0.3) is 0 Å². The van der Waals surface area contributed by atoms with Crippen molar-refractivity contribution in [2.45, 2.75) is 18.9 Å². The molecule has 0 radical (unpaired) electrons. The van der Waals surface area contributed by atoms with Crippen LogP contribution in [0.4, 0.5) is 0 Å². The lowest BCUT2D eigenvalue weighted by atomic mass is 10.1. The maximum Gasteiger partial charge on any atom is 0.240 e. The summed E-state index contributed by atoms with van der Waals surface area (Å²) in [5, 5.41) is 2.17. The highest BCUT2D eigenvalue weighted by atomic mass is 16.2. The van der Waals surface area contributed by atoms with Gasteiger partial charge in [0.05, 0.1) is 0 Å². The molecular weight excluding hydrogens is 162 g/mol. The highest BCUT2D eigenvalue weighted by Crippen LogP contribution is 1.94. The summed E-state index contributed by atoms with van der Waals surface area (Å²) in [6, 6.07) is -0.810. The molecule has 0 saturated carbocycles. The lowest BCUT2D eigenvalue weighted by Crippen LogP contribution is -2.41. The van der Waals surface area contributed by atoms with Crippen LogP contribution in [-0.4, -0.2) is 24.3 Å². The molecule has 6 heteroatoms. The normalized spacial score (nSPS) is 11.7. The van der Waals surface area contributed by atoms with Gasteiger partial charge < -0.3 is 16.8 Å². The molecule has 0 aromatic heterocycles. The lowest BCUT2D eigenvalue weighted by molar-refractivity contribution is -0.123. The van der Waals surface area contributed by atoms with Gasteiger partial charge in [0, 0.05) is 6.42 Å². The largest absolute Gasteiger partial charge is 0.370 e. The second-order valence-electron chi connectivity index (χ2n) is 2.24. The Balaban J connectivity index is 3.86. The van der Waals surface area contributed by atoms with Crippen LogP contribution in [0.5, 0.6) is 0 Å². The minimum absolute atomic E-state index is 0.0223. The number of hydrogen-bond acceptors (Lipinski definition) is 3. The molecule has 0 bridgehead atoms. The Kier molecular flexibility index (Phi) is 4.43. The SMILES string of the molecule is NC(=O)CC[C@H](NC=O)C(N)=O. The van der Waals surface area contributed by atoms with Crippen molar-refractivity contribution in [3.8, 4) is 0 Å². The molecule has 0 aliphatic heterocycles. The van der Waals surface area contributed by atoms with Crippen molar-refractivity contribution in [2.24, 2.45) is 11.5 Å². The van der Waals surface area contributed by atoms with E-state index in [9.17, 15) is 14.4 Å². The topological polar surface area (TPSA) is 115 Å². The molecule has 0 aromatic rings. The van der Waals surface area contributed by atoms with E-state index < -0.39 is 17.9 Å². The first-order valence-electron chi connectivity index (χ1n) is 3.35. The molecule has 0 heterocycles. The molecule has 12 heavy (non-hydrogen) atoms. The second kappa shape index (κ2) is 5.11. The molecule has 0 rings (SSSR count). The standard InChI is InChI=1S/C6H11N3O3/c7-5(11)2-1-4(6(8)12)9-3-10/h3-4H,1-2H2,(H2,7,11)(H2,8,12)(H,9,10)/t4-/m0/s1. The van der Waals surface area contributed by atoms with E-state index in [0.717, 1.165) is 0 Å². The highest BCUT2D eigenvalue weighted by molar-refractivity contribution is 5.83. The van der Waals surface area contributed by atoms with Crippen LogP contribution in [0.3, 0.4) is 0 Å². The van der Waals surface area contributed by atoms with Crippen molar-refractivity contribution in [2.75, 3.05) is 0 Å². The summed E-state index contributed by atoms with van der Waals surface area (Å²) in [5.74, 6) is -1.21. The van der Waals surface area contributed by atoms with Crippen LogP contribution in [0.1, 0.15) is 12.8 Å². The van der Waals surface area contributed by atoms with Gasteiger partial charge in [-0.05, 0) is 6.42 Å². The molecule has 0 saturated heterocycles. The van der Waals surface area contributed by atoms with E-state index in [2.05, 4.69) is 5.32 Å². The minimum Gasteiger partial charge on any atom is -0.370 e. The van der Waals surface area contributed by atoms with Gasteiger partial charge in [0.25, 0.3) is 0 Å². The Morgan fingerprint density at radius 1 is 1.42 bits per heavy atom. The van der Waals surface area contributed by atoms with Crippen LogP contribution in [0, 0.1) is 0 Å². The van der Waals surface area contributed by atoms with Gasteiger partial charge in [0.15, 0.2) is 0 Å². The van der Waals surface area contributed by atoms with E-state index in [1.807, 2.05) is 0 Å². The van der Waals surface area contributed by atoms with Crippen molar-refractivity contribution in [1.82, 2.24) is 5.32 Å². The third-order valence-electron chi connectivity index (χ3n) is 1.29. The molecule has 0 aliphatic rings. The lowest BCUT2D eigenvalue weighted by Gasteiger charge is -2.09. The minimum atomic E-state index is -0.810. The number of nitrogens with two attached hydrogens (primary N) is 2.